The summed E-state index contributed by atoms with van der Waals surface area (Å²) in [5.74, 6) is -0.396. The molecular formula is C21H23BrN2O4S. The molecule has 1 N–H and O–H groups in total. The maximum absolute atomic E-state index is 12.7. The third-order valence-corrected chi connectivity index (χ3v) is 6.78. The zero-order chi connectivity index (χ0) is 21.2. The van der Waals surface area contributed by atoms with Gasteiger partial charge in [-0.25, -0.2) is 8.42 Å². The molecule has 0 saturated carbocycles. The summed E-state index contributed by atoms with van der Waals surface area (Å²) in [6, 6.07) is 11.9. The lowest BCUT2D eigenvalue weighted by Crippen LogP contribution is -2.41. The van der Waals surface area contributed by atoms with Crippen LogP contribution in [0.25, 0.3) is 0 Å². The van der Waals surface area contributed by atoms with Gasteiger partial charge in [0.1, 0.15) is 0 Å². The number of sulfone groups is 1. The molecule has 2 amide bonds. The van der Waals surface area contributed by atoms with Gasteiger partial charge in [-0.3, -0.25) is 9.59 Å². The summed E-state index contributed by atoms with van der Waals surface area (Å²) in [4.78, 5) is 27.2. The predicted molar refractivity (Wildman–Crippen MR) is 116 cm³/mol. The largest absolute Gasteiger partial charge is 0.339 e. The zero-order valence-corrected chi connectivity index (χ0v) is 18.7. The summed E-state index contributed by atoms with van der Waals surface area (Å²) in [7, 11) is -3.35. The average Bonchev–Trinajstić information content (AvgIpc) is 2.69. The number of amides is 2. The van der Waals surface area contributed by atoms with Crippen molar-refractivity contribution in [3.05, 3.63) is 58.1 Å². The van der Waals surface area contributed by atoms with Gasteiger partial charge in [0.05, 0.1) is 4.90 Å². The van der Waals surface area contributed by atoms with Gasteiger partial charge in [-0.05, 0) is 61.7 Å². The van der Waals surface area contributed by atoms with Crippen molar-refractivity contribution in [2.75, 3.05) is 24.7 Å². The van der Waals surface area contributed by atoms with Crippen LogP contribution in [0, 0.1) is 12.8 Å². The Hall–Kier alpha value is -2.19. The number of benzene rings is 2. The molecule has 0 radical (unpaired) electrons. The maximum Gasteiger partial charge on any atom is 0.253 e. The molecule has 0 unspecified atom stereocenters. The second kappa shape index (κ2) is 8.67. The van der Waals surface area contributed by atoms with Crippen LogP contribution < -0.4 is 5.32 Å². The van der Waals surface area contributed by atoms with E-state index in [4.69, 9.17) is 0 Å². The second-order valence-corrected chi connectivity index (χ2v) is 10.2. The third-order valence-electron chi connectivity index (χ3n) is 5.14. The monoisotopic (exact) mass is 478 g/mol. The molecule has 0 aliphatic carbocycles. The Labute approximate surface area is 179 Å². The van der Waals surface area contributed by atoms with Gasteiger partial charge in [0.15, 0.2) is 9.84 Å². The van der Waals surface area contributed by atoms with Crippen molar-refractivity contribution in [3.63, 3.8) is 0 Å². The Bertz CT molecular complexity index is 1030. The molecule has 1 aliphatic rings. The smallest absolute Gasteiger partial charge is 0.253 e. The molecule has 1 fully saturated rings. The van der Waals surface area contributed by atoms with Gasteiger partial charge in [0, 0.05) is 41.0 Å². The number of nitrogens with one attached hydrogen (secondary N) is 1. The number of likely N-dealkylation sites (tertiary alicyclic amines) is 1. The van der Waals surface area contributed by atoms with Crippen LogP contribution in [0.3, 0.4) is 0 Å². The van der Waals surface area contributed by atoms with Crippen molar-refractivity contribution >= 4 is 43.3 Å². The van der Waals surface area contributed by atoms with E-state index in [9.17, 15) is 18.0 Å². The van der Waals surface area contributed by atoms with E-state index in [0.717, 1.165) is 16.3 Å². The lowest BCUT2D eigenvalue weighted by Gasteiger charge is -2.31. The van der Waals surface area contributed by atoms with Crippen LogP contribution in [0.15, 0.2) is 51.8 Å². The number of halogens is 1. The Morgan fingerprint density at radius 3 is 2.28 bits per heavy atom. The van der Waals surface area contributed by atoms with Gasteiger partial charge >= 0.3 is 0 Å². The lowest BCUT2D eigenvalue weighted by atomic mass is 9.95. The van der Waals surface area contributed by atoms with Crippen molar-refractivity contribution in [3.8, 4) is 0 Å². The number of piperidine rings is 1. The minimum atomic E-state index is -3.35. The van der Waals surface area contributed by atoms with Crippen molar-refractivity contribution in [1.82, 2.24) is 4.90 Å². The summed E-state index contributed by atoms with van der Waals surface area (Å²) in [5, 5.41) is 2.86. The van der Waals surface area contributed by atoms with Crippen molar-refractivity contribution < 1.29 is 18.0 Å². The number of nitrogens with zero attached hydrogens (tertiary/aromatic N) is 1. The molecule has 2 aromatic rings. The first-order chi connectivity index (χ1) is 13.6. The summed E-state index contributed by atoms with van der Waals surface area (Å²) < 4.78 is 24.4. The van der Waals surface area contributed by atoms with Gasteiger partial charge in [0.2, 0.25) is 5.91 Å². The van der Waals surface area contributed by atoms with Crippen molar-refractivity contribution in [2.45, 2.75) is 24.7 Å². The van der Waals surface area contributed by atoms with Crippen molar-refractivity contribution in [2.24, 2.45) is 5.92 Å². The number of anilines is 1. The Balaban J connectivity index is 1.62. The number of carbonyl (C=O) groups excluding carboxylic acids is 2. The topological polar surface area (TPSA) is 83.6 Å². The average molecular weight is 479 g/mol. The van der Waals surface area contributed by atoms with Gasteiger partial charge in [-0.1, -0.05) is 22.0 Å². The highest BCUT2D eigenvalue weighted by atomic mass is 79.9. The maximum atomic E-state index is 12.7. The van der Waals surface area contributed by atoms with E-state index in [1.54, 1.807) is 23.1 Å². The molecule has 6 nitrogen and oxygen atoms in total. The molecule has 1 saturated heterocycles. The number of hydrogen-bond acceptors (Lipinski definition) is 4. The van der Waals surface area contributed by atoms with Gasteiger partial charge < -0.3 is 10.2 Å². The Morgan fingerprint density at radius 1 is 1.07 bits per heavy atom. The molecule has 0 aromatic heterocycles. The molecule has 0 atom stereocenters. The molecule has 1 heterocycles. The number of carbonyl (C=O) groups is 2. The molecule has 3 rings (SSSR count). The van der Waals surface area contributed by atoms with Crippen molar-refractivity contribution in [1.29, 1.82) is 0 Å². The number of aryl methyl sites for hydroxylation is 1. The van der Waals surface area contributed by atoms with Crippen LogP contribution in [0.2, 0.25) is 0 Å². The third kappa shape index (κ3) is 5.25. The predicted octanol–water partition coefficient (Wildman–Crippen LogP) is 3.65. The van der Waals surface area contributed by atoms with Crippen LogP contribution in [0.1, 0.15) is 28.8 Å². The molecule has 1 aliphatic heterocycles. The van der Waals surface area contributed by atoms with E-state index < -0.39 is 9.84 Å². The highest BCUT2D eigenvalue weighted by Crippen LogP contribution is 2.24. The van der Waals surface area contributed by atoms with E-state index >= 15 is 0 Å². The Morgan fingerprint density at radius 2 is 1.69 bits per heavy atom. The minimum Gasteiger partial charge on any atom is -0.339 e. The molecule has 2 aromatic carbocycles. The summed E-state index contributed by atoms with van der Waals surface area (Å²) in [5.41, 5.74) is 1.93. The first-order valence-corrected chi connectivity index (χ1v) is 12.0. The number of rotatable bonds is 4. The van der Waals surface area contributed by atoms with E-state index in [2.05, 4.69) is 21.2 Å². The highest BCUT2D eigenvalue weighted by molar-refractivity contribution is 9.10. The van der Waals surface area contributed by atoms with Crippen LogP contribution in [0.5, 0.6) is 0 Å². The molecular weight excluding hydrogens is 456 g/mol. The summed E-state index contributed by atoms with van der Waals surface area (Å²) in [6.07, 6.45) is 2.28. The van der Waals surface area contributed by atoms with E-state index in [1.165, 1.54) is 12.1 Å². The standard InChI is InChI=1S/C21H23BrN2O4S/c1-14-3-8-18(29(2,27)28)13-19(14)23-20(25)15-9-11-24(12-10-15)21(26)16-4-6-17(22)7-5-16/h3-8,13,15H,9-12H2,1-2H3,(H,23,25). The van der Waals surface area contributed by atoms with E-state index in [-0.39, 0.29) is 22.6 Å². The van der Waals surface area contributed by atoms with E-state index in [1.807, 2.05) is 19.1 Å². The highest BCUT2D eigenvalue weighted by Gasteiger charge is 2.28. The van der Waals surface area contributed by atoms with Gasteiger partial charge in [-0.15, -0.1) is 0 Å². The van der Waals surface area contributed by atoms with Crippen LogP contribution >= 0.6 is 15.9 Å². The van der Waals surface area contributed by atoms with Crippen LogP contribution in [-0.4, -0.2) is 44.5 Å². The fourth-order valence-corrected chi connectivity index (χ4v) is 4.23. The molecule has 29 heavy (non-hydrogen) atoms. The first kappa shape index (κ1) is 21.5. The normalized spacial score (nSPS) is 15.2. The zero-order valence-electron chi connectivity index (χ0n) is 16.3. The molecule has 0 bridgehead atoms. The molecule has 8 heteroatoms. The quantitative estimate of drug-likeness (QED) is 0.726. The lowest BCUT2D eigenvalue weighted by molar-refractivity contribution is -0.121. The fraction of sp³-hybridized carbons (Fsp3) is 0.333. The molecule has 0 spiro atoms. The van der Waals surface area contributed by atoms with Gasteiger partial charge in [0.25, 0.3) is 5.91 Å². The second-order valence-electron chi connectivity index (χ2n) is 7.31. The van der Waals surface area contributed by atoms with Crippen LogP contribution in [-0.2, 0) is 14.6 Å². The Kier molecular flexibility index (Phi) is 6.43. The first-order valence-electron chi connectivity index (χ1n) is 9.31. The number of hydrogen-bond donors (Lipinski definition) is 1. The fourth-order valence-electron chi connectivity index (χ4n) is 3.32. The summed E-state index contributed by atoms with van der Waals surface area (Å²) in [6.45, 7) is 2.84. The summed E-state index contributed by atoms with van der Waals surface area (Å²) >= 11 is 3.36. The minimum absolute atomic E-state index is 0.0342. The van der Waals surface area contributed by atoms with E-state index in [0.29, 0.717) is 37.2 Å². The molecule has 154 valence electrons. The van der Waals surface area contributed by atoms with Crippen LogP contribution in [0.4, 0.5) is 5.69 Å². The SMILES string of the molecule is Cc1ccc(S(C)(=O)=O)cc1NC(=O)C1CCN(C(=O)c2ccc(Br)cc2)CC1. The van der Waals surface area contributed by atoms with Gasteiger partial charge in [-0.2, -0.15) is 0 Å².